The maximum absolute atomic E-state index is 14.2. The fraction of sp³-hybridized carbons (Fsp3) is 0.946. The van der Waals surface area contributed by atoms with E-state index >= 15 is 0 Å². The molecule has 14 nitrogen and oxygen atoms in total. The van der Waals surface area contributed by atoms with Gasteiger partial charge in [-0.25, -0.2) is 0 Å². The van der Waals surface area contributed by atoms with Crippen molar-refractivity contribution in [3.63, 3.8) is 0 Å². The first-order valence-electron chi connectivity index (χ1n) is 18.7. The lowest BCUT2D eigenvalue weighted by Crippen LogP contribution is -2.60. The molecule has 0 saturated carbocycles. The Morgan fingerprint density at radius 2 is 1.59 bits per heavy atom. The van der Waals surface area contributed by atoms with Crippen molar-refractivity contribution in [3.05, 3.63) is 0 Å². The summed E-state index contributed by atoms with van der Waals surface area (Å²) in [5, 5.41) is 46.3. The molecule has 0 radical (unpaired) electrons. The van der Waals surface area contributed by atoms with Crippen molar-refractivity contribution in [2.45, 2.75) is 185 Å². The van der Waals surface area contributed by atoms with Crippen LogP contribution in [0.2, 0.25) is 0 Å². The lowest BCUT2D eigenvalue weighted by Gasteiger charge is -2.48. The smallest absolute Gasteiger partial charge is 0.311 e. The molecule has 2 bridgehead atoms. The van der Waals surface area contributed by atoms with Crippen LogP contribution in [0.25, 0.3) is 0 Å². The molecule has 51 heavy (non-hydrogen) atoms. The van der Waals surface area contributed by atoms with Crippen molar-refractivity contribution in [2.24, 2.45) is 22.7 Å². The number of hydrogen-bond acceptors (Lipinski definition) is 14. The van der Waals surface area contributed by atoms with E-state index in [0.29, 0.717) is 18.7 Å². The maximum Gasteiger partial charge on any atom is 0.311 e. The number of aliphatic imine (C=N–C) groups is 1. The summed E-state index contributed by atoms with van der Waals surface area (Å²) in [7, 11) is 5.28. The highest BCUT2D eigenvalue weighted by atomic mass is 16.7. The molecule has 18 atom stereocenters. The number of aliphatic hydroxyl groups excluding tert-OH is 3. The van der Waals surface area contributed by atoms with Crippen LogP contribution in [0.15, 0.2) is 4.99 Å². The number of rotatable bonds is 7. The van der Waals surface area contributed by atoms with Crippen LogP contribution >= 0.6 is 0 Å². The van der Waals surface area contributed by atoms with E-state index in [0.717, 1.165) is 0 Å². The van der Waals surface area contributed by atoms with Crippen LogP contribution in [-0.4, -0.2) is 149 Å². The lowest BCUT2D eigenvalue weighted by molar-refractivity contribution is -0.317. The number of likely N-dealkylation sites (N-methyl/N-ethyl adjacent to an activating group) is 1. The predicted octanol–water partition coefficient (Wildman–Crippen LogP) is 2.41. The van der Waals surface area contributed by atoms with Gasteiger partial charge < -0.3 is 58.5 Å². The number of fused-ring (bicyclic) bond motifs is 2. The molecule has 4 heterocycles. The molecule has 4 aliphatic rings. The molecule has 0 aromatic heterocycles. The van der Waals surface area contributed by atoms with Crippen molar-refractivity contribution in [1.82, 2.24) is 4.90 Å². The van der Waals surface area contributed by atoms with Gasteiger partial charge in [-0.3, -0.25) is 9.79 Å². The molecule has 4 aliphatic heterocycles. The van der Waals surface area contributed by atoms with Crippen molar-refractivity contribution in [2.75, 3.05) is 21.2 Å². The Bertz CT molecular complexity index is 1220. The van der Waals surface area contributed by atoms with Gasteiger partial charge in [-0.15, -0.1) is 0 Å². The molecule has 3 saturated heterocycles. The second-order valence-electron chi connectivity index (χ2n) is 16.5. The molecule has 0 aliphatic carbocycles. The summed E-state index contributed by atoms with van der Waals surface area (Å²) in [6.45, 7) is 17.8. The zero-order valence-corrected chi connectivity index (χ0v) is 32.9. The lowest BCUT2D eigenvalue weighted by atomic mass is 9.78. The fourth-order valence-electron chi connectivity index (χ4n) is 8.65. The van der Waals surface area contributed by atoms with Crippen molar-refractivity contribution in [3.8, 4) is 0 Å². The molecule has 0 amide bonds. The average Bonchev–Trinajstić information content (AvgIpc) is 3.26. The Morgan fingerprint density at radius 3 is 2.18 bits per heavy atom. The Balaban J connectivity index is 1.82. The molecule has 3 fully saturated rings. The van der Waals surface area contributed by atoms with Crippen LogP contribution in [0.1, 0.15) is 94.9 Å². The number of cyclic esters (lactones) is 1. The van der Waals surface area contributed by atoms with Crippen molar-refractivity contribution < 1.29 is 58.4 Å². The van der Waals surface area contributed by atoms with Crippen molar-refractivity contribution >= 4 is 11.9 Å². The summed E-state index contributed by atoms with van der Waals surface area (Å²) in [4.78, 5) is 21.0. The first-order chi connectivity index (χ1) is 23.6. The highest BCUT2D eigenvalue weighted by Gasteiger charge is 2.56. The van der Waals surface area contributed by atoms with E-state index in [4.69, 9.17) is 38.2 Å². The zero-order valence-electron chi connectivity index (χ0n) is 32.9. The molecule has 0 aromatic rings. The van der Waals surface area contributed by atoms with Crippen molar-refractivity contribution in [1.29, 1.82) is 0 Å². The number of nitrogens with zero attached hydrogens (tertiary/aromatic N) is 2. The number of methoxy groups -OCH3 is 1. The number of aliphatic hydroxyl groups is 4. The molecule has 4 rings (SSSR count). The molecule has 14 heteroatoms. The standard InChI is InChI=1S/C37H66N2O12/c1-14-25-37(10)29(41)22(6)32(51-37)38-18(2)16-35(8,44)31(50-34-27(40)24(39(11)12)15-19(3)46-34)20(4)28(21(5)33(43)48-25)49-26-17-36(9,45-13)30(42)23(7)47-26/h18-31,34,40-42,44H,14-17H2,1-13H3/t18-,19-,20+,21-,22-,23+,24+,25-,26+,27-,28+,29-,30+,31-,34+,35-,36-,37?/m1/s1. The third-order valence-electron chi connectivity index (χ3n) is 11.9. The van der Waals surface area contributed by atoms with Crippen LogP contribution in [0, 0.1) is 17.8 Å². The number of esters is 1. The van der Waals surface area contributed by atoms with Crippen LogP contribution in [-0.2, 0) is 38.0 Å². The summed E-state index contributed by atoms with van der Waals surface area (Å²) in [5.74, 6) is -2.46. The van der Waals surface area contributed by atoms with Gasteiger partial charge in [0.1, 0.15) is 24.4 Å². The van der Waals surface area contributed by atoms with Gasteiger partial charge in [0.25, 0.3) is 0 Å². The SMILES string of the molecule is CC[C@H]1OC(=O)[C@H](C)[C@@H](O[C@H]2C[C@@](C)(OC)[C@@H](O)[C@H](C)O2)[C@H](C)[C@@H](O[C@@H]2O[C@H](C)C[C@H](N(C)C)[C@H]2O)[C@](C)(O)C[C@@H](C)N=C2OC1(C)[C@H](O)[C@H]2C. The second kappa shape index (κ2) is 16.1. The number of carbonyl (C=O) groups is 1. The largest absolute Gasteiger partial charge is 0.468 e. The molecular weight excluding hydrogens is 664 g/mol. The zero-order chi connectivity index (χ0) is 38.4. The van der Waals surface area contributed by atoms with E-state index < -0.39 is 102 Å². The van der Waals surface area contributed by atoms with E-state index in [2.05, 4.69) is 0 Å². The van der Waals surface area contributed by atoms with Gasteiger partial charge in [0, 0.05) is 31.9 Å². The summed E-state index contributed by atoms with van der Waals surface area (Å²) in [5.41, 5.74) is -3.90. The van der Waals surface area contributed by atoms with Crippen LogP contribution in [0.4, 0.5) is 0 Å². The quantitative estimate of drug-likeness (QED) is 0.281. The molecule has 1 unspecified atom stereocenters. The van der Waals surface area contributed by atoms with Gasteiger partial charge in [-0.2, -0.15) is 0 Å². The molecule has 4 N–H and O–H groups in total. The van der Waals surface area contributed by atoms with Gasteiger partial charge in [0.2, 0.25) is 0 Å². The monoisotopic (exact) mass is 730 g/mol. The third kappa shape index (κ3) is 8.60. The maximum atomic E-state index is 14.2. The summed E-state index contributed by atoms with van der Waals surface area (Å²) >= 11 is 0. The molecule has 296 valence electrons. The average molecular weight is 731 g/mol. The topological polar surface area (TPSA) is 178 Å². The van der Waals surface area contributed by atoms with Gasteiger partial charge in [-0.1, -0.05) is 20.8 Å². The Hall–Kier alpha value is -1.46. The molecule has 0 aromatic carbocycles. The number of hydrogen-bond donors (Lipinski definition) is 4. The van der Waals surface area contributed by atoms with E-state index in [1.165, 1.54) is 7.11 Å². The van der Waals surface area contributed by atoms with E-state index in [1.54, 1.807) is 34.6 Å². The minimum atomic E-state index is -1.62. The first kappa shape index (κ1) is 42.3. The van der Waals surface area contributed by atoms with E-state index in [9.17, 15) is 25.2 Å². The normalized spacial score (nSPS) is 50.3. The van der Waals surface area contributed by atoms with Gasteiger partial charge >= 0.3 is 5.97 Å². The Labute approximate surface area is 304 Å². The Morgan fingerprint density at radius 1 is 0.941 bits per heavy atom. The molecule has 0 spiro atoms. The van der Waals surface area contributed by atoms with Gasteiger partial charge in [0.05, 0.1) is 53.5 Å². The predicted molar refractivity (Wildman–Crippen MR) is 188 cm³/mol. The van der Waals surface area contributed by atoms with E-state index in [1.807, 2.05) is 53.6 Å². The third-order valence-corrected chi connectivity index (χ3v) is 11.9. The number of ether oxygens (including phenoxy) is 7. The highest BCUT2D eigenvalue weighted by molar-refractivity contribution is 5.82. The summed E-state index contributed by atoms with van der Waals surface area (Å²) in [6, 6.07) is -0.767. The summed E-state index contributed by atoms with van der Waals surface area (Å²) < 4.78 is 44.0. The summed E-state index contributed by atoms with van der Waals surface area (Å²) in [6.07, 6.45) is -7.63. The number of carbonyl (C=O) groups excluding carboxylic acids is 1. The van der Waals surface area contributed by atoms with Crippen LogP contribution in [0.5, 0.6) is 0 Å². The van der Waals surface area contributed by atoms with Crippen LogP contribution < -0.4 is 0 Å². The molecular formula is C37H66N2O12. The first-order valence-corrected chi connectivity index (χ1v) is 18.7. The highest BCUT2D eigenvalue weighted by Crippen LogP contribution is 2.42. The van der Waals surface area contributed by atoms with Crippen LogP contribution in [0.3, 0.4) is 0 Å². The minimum absolute atomic E-state index is 0.0948. The second-order valence-corrected chi connectivity index (χ2v) is 16.5. The van der Waals surface area contributed by atoms with E-state index in [-0.39, 0.29) is 25.0 Å². The fourth-order valence-corrected chi connectivity index (χ4v) is 8.65. The Kier molecular flexibility index (Phi) is 13.4. The van der Waals surface area contributed by atoms with Gasteiger partial charge in [-0.05, 0) is 75.4 Å². The van der Waals surface area contributed by atoms with Gasteiger partial charge in [0.15, 0.2) is 24.1 Å². The minimum Gasteiger partial charge on any atom is -0.468 e.